The number of carbonyl (C=O) groups excluding carboxylic acids is 1. The second kappa shape index (κ2) is 7.59. The summed E-state index contributed by atoms with van der Waals surface area (Å²) in [6.45, 7) is 6.34. The molecule has 4 aliphatic rings. The molecule has 0 N–H and O–H groups in total. The summed E-state index contributed by atoms with van der Waals surface area (Å²) in [5.74, 6) is 3.14. The van der Waals surface area contributed by atoms with Crippen LogP contribution in [0.1, 0.15) is 65.2 Å². The van der Waals surface area contributed by atoms with Gasteiger partial charge in [-0.1, -0.05) is 30.7 Å². The molecule has 0 radical (unpaired) electrons. The molecule has 0 aliphatic heterocycles. The Kier molecular flexibility index (Phi) is 5.45. The van der Waals surface area contributed by atoms with Gasteiger partial charge in [0.1, 0.15) is 12.4 Å². The number of nitrogens with zero attached hydrogens (tertiary/aromatic N) is 2. The Morgan fingerprint density at radius 3 is 2.64 bits per heavy atom. The molecule has 4 nitrogen and oxygen atoms in total. The molecule has 4 heteroatoms. The van der Waals surface area contributed by atoms with Crippen LogP contribution in [-0.2, 0) is 9.63 Å². The number of likely N-dealkylation sites (N-methyl/N-ethyl adjacent to an activating group) is 1. The van der Waals surface area contributed by atoms with Crippen LogP contribution in [0.5, 0.6) is 0 Å². The van der Waals surface area contributed by atoms with Crippen molar-refractivity contribution in [1.29, 1.82) is 0 Å². The van der Waals surface area contributed by atoms with Crippen molar-refractivity contribution >= 4 is 12.0 Å². The second-order valence-corrected chi connectivity index (χ2v) is 10.5. The molecule has 0 aromatic carbocycles. The molecule has 156 valence electrons. The molecule has 0 aromatic rings. The van der Waals surface area contributed by atoms with Crippen molar-refractivity contribution in [3.8, 4) is 0 Å². The van der Waals surface area contributed by atoms with Gasteiger partial charge in [0.15, 0.2) is 0 Å². The van der Waals surface area contributed by atoms with Crippen molar-refractivity contribution in [2.24, 2.45) is 39.7 Å². The first kappa shape index (κ1) is 20.1. The number of hydrogen-bond donors (Lipinski definition) is 0. The van der Waals surface area contributed by atoms with Crippen molar-refractivity contribution in [1.82, 2.24) is 4.90 Å². The van der Waals surface area contributed by atoms with Gasteiger partial charge in [-0.25, -0.2) is 0 Å². The molecule has 0 spiro atoms. The average molecular weight is 387 g/mol. The molecule has 3 unspecified atom stereocenters. The minimum absolute atomic E-state index is 0.00744. The van der Waals surface area contributed by atoms with Gasteiger partial charge in [0, 0.05) is 24.3 Å². The first-order valence-electron chi connectivity index (χ1n) is 11.4. The van der Waals surface area contributed by atoms with Crippen LogP contribution in [0, 0.1) is 34.5 Å². The first-order valence-corrected chi connectivity index (χ1v) is 11.4. The van der Waals surface area contributed by atoms with Crippen molar-refractivity contribution in [3.63, 3.8) is 0 Å². The Hall–Kier alpha value is -1.16. The maximum atomic E-state index is 12.6. The predicted octanol–water partition coefficient (Wildman–Crippen LogP) is 4.70. The van der Waals surface area contributed by atoms with Crippen molar-refractivity contribution < 1.29 is 9.63 Å². The minimum Gasteiger partial charge on any atom is -0.395 e. The van der Waals surface area contributed by atoms with Crippen LogP contribution >= 0.6 is 0 Å². The molecule has 3 fully saturated rings. The van der Waals surface area contributed by atoms with E-state index < -0.39 is 0 Å². The van der Waals surface area contributed by atoms with Gasteiger partial charge in [0.2, 0.25) is 0 Å². The van der Waals surface area contributed by atoms with Gasteiger partial charge >= 0.3 is 0 Å². The van der Waals surface area contributed by atoms with E-state index in [0.29, 0.717) is 29.6 Å². The molecule has 28 heavy (non-hydrogen) atoms. The predicted molar refractivity (Wildman–Crippen MR) is 113 cm³/mol. The fraction of sp³-hybridized carbons (Fsp3) is 0.833. The van der Waals surface area contributed by atoms with E-state index in [-0.39, 0.29) is 5.41 Å². The molecule has 0 amide bonds. The zero-order valence-electron chi connectivity index (χ0n) is 18.2. The number of allylic oxidation sites excluding steroid dienone is 2. The number of rotatable bonds is 5. The van der Waals surface area contributed by atoms with Gasteiger partial charge in [-0.2, -0.15) is 0 Å². The molecule has 0 bridgehead atoms. The summed E-state index contributed by atoms with van der Waals surface area (Å²) in [7, 11) is 4.09. The van der Waals surface area contributed by atoms with E-state index in [1.165, 1.54) is 32.1 Å². The number of oxime groups is 1. The Morgan fingerprint density at radius 2 is 1.86 bits per heavy atom. The molecule has 0 heterocycles. The highest BCUT2D eigenvalue weighted by Gasteiger charge is 2.58. The third kappa shape index (κ3) is 3.36. The summed E-state index contributed by atoms with van der Waals surface area (Å²) in [6.07, 6.45) is 13.8. The van der Waals surface area contributed by atoms with E-state index in [9.17, 15) is 4.79 Å². The van der Waals surface area contributed by atoms with Gasteiger partial charge < -0.3 is 9.74 Å². The summed E-state index contributed by atoms with van der Waals surface area (Å²) < 4.78 is 0. The fourth-order valence-corrected chi connectivity index (χ4v) is 7.04. The topological polar surface area (TPSA) is 41.9 Å². The number of carbonyl (C=O) groups is 1. The van der Waals surface area contributed by atoms with Gasteiger partial charge in [-0.15, -0.1) is 0 Å². The number of fused-ring (bicyclic) bond motifs is 5. The maximum Gasteiger partial charge on any atom is 0.139 e. The SMILES string of the molecule is CN(C)CCON=C[C@@H]1C=C2CCC3C(CC[C@]4(C)C(=O)CCC34)[C@@]2(C)CC1. The number of hydrogen-bond acceptors (Lipinski definition) is 4. The van der Waals surface area contributed by atoms with Crippen LogP contribution in [0.2, 0.25) is 0 Å². The van der Waals surface area contributed by atoms with E-state index in [4.69, 9.17) is 4.84 Å². The third-order valence-corrected chi connectivity index (χ3v) is 8.81. The normalized spacial score (nSPS) is 42.9. The largest absolute Gasteiger partial charge is 0.395 e. The lowest BCUT2D eigenvalue weighted by Gasteiger charge is -2.57. The lowest BCUT2D eigenvalue weighted by molar-refractivity contribution is -0.132. The van der Waals surface area contributed by atoms with Crippen molar-refractivity contribution in [2.75, 3.05) is 27.2 Å². The van der Waals surface area contributed by atoms with Crippen molar-refractivity contribution in [3.05, 3.63) is 11.6 Å². The van der Waals surface area contributed by atoms with Gasteiger partial charge in [-0.05, 0) is 82.2 Å². The molecule has 3 saturated carbocycles. The lowest BCUT2D eigenvalue weighted by Crippen LogP contribution is -2.50. The second-order valence-electron chi connectivity index (χ2n) is 10.5. The van der Waals surface area contributed by atoms with E-state index >= 15 is 0 Å². The van der Waals surface area contributed by atoms with Crippen molar-refractivity contribution in [2.45, 2.75) is 65.2 Å². The summed E-state index contributed by atoms with van der Waals surface area (Å²) in [4.78, 5) is 20.1. The number of Topliss-reactive ketones (excluding diaryl/α,β-unsaturated/α-hetero) is 1. The zero-order valence-corrected chi connectivity index (χ0v) is 18.2. The molecule has 4 aliphatic carbocycles. The summed E-state index contributed by atoms with van der Waals surface area (Å²) in [5.41, 5.74) is 2.00. The van der Waals surface area contributed by atoms with Gasteiger partial charge in [0.25, 0.3) is 0 Å². The minimum atomic E-state index is -0.00744. The Labute approximate surface area is 170 Å². The summed E-state index contributed by atoms with van der Waals surface area (Å²) in [5, 5.41) is 4.24. The van der Waals surface area contributed by atoms with Crippen LogP contribution in [0.3, 0.4) is 0 Å². The zero-order chi connectivity index (χ0) is 19.9. The van der Waals surface area contributed by atoms with Crippen LogP contribution in [0.15, 0.2) is 16.8 Å². The first-order chi connectivity index (χ1) is 13.3. The van der Waals surface area contributed by atoms with Crippen LogP contribution < -0.4 is 0 Å². The fourth-order valence-electron chi connectivity index (χ4n) is 7.04. The summed E-state index contributed by atoms with van der Waals surface area (Å²) >= 11 is 0. The Balaban J connectivity index is 1.44. The van der Waals surface area contributed by atoms with Crippen LogP contribution in [0.4, 0.5) is 0 Å². The molecule has 6 atom stereocenters. The quantitative estimate of drug-likeness (QED) is 0.298. The summed E-state index contributed by atoms with van der Waals surface area (Å²) in [6, 6.07) is 0. The standard InChI is InChI=1S/C24H38N2O2/c1-23-11-9-17(16-25-28-14-13-26(3)4)15-18(23)5-6-19-20-7-8-22(27)24(20,2)12-10-21(19)23/h15-17,19-21H,5-14H2,1-4H3/t17-,19?,20?,21?,23-,24-/m0/s1. The van der Waals surface area contributed by atoms with E-state index in [2.05, 4.69) is 30.0 Å². The molecule has 0 saturated heterocycles. The monoisotopic (exact) mass is 386 g/mol. The highest BCUT2D eigenvalue weighted by molar-refractivity contribution is 5.87. The van der Waals surface area contributed by atoms with E-state index in [1.807, 2.05) is 20.3 Å². The smallest absolute Gasteiger partial charge is 0.139 e. The third-order valence-electron chi connectivity index (χ3n) is 8.81. The lowest BCUT2D eigenvalue weighted by atomic mass is 9.47. The highest BCUT2D eigenvalue weighted by Crippen LogP contribution is 2.64. The van der Waals surface area contributed by atoms with E-state index in [1.54, 1.807) is 5.57 Å². The number of ketones is 1. The highest BCUT2D eigenvalue weighted by atomic mass is 16.6. The molecular weight excluding hydrogens is 348 g/mol. The van der Waals surface area contributed by atoms with Crippen LogP contribution in [-0.4, -0.2) is 44.1 Å². The molecular formula is C24H38N2O2. The molecule has 0 aromatic heterocycles. The maximum absolute atomic E-state index is 12.6. The molecule has 4 rings (SSSR count). The Bertz CT molecular complexity index is 670. The Morgan fingerprint density at radius 1 is 1.11 bits per heavy atom. The van der Waals surface area contributed by atoms with Crippen LogP contribution in [0.25, 0.3) is 0 Å². The van der Waals surface area contributed by atoms with Gasteiger partial charge in [-0.3, -0.25) is 4.79 Å². The van der Waals surface area contributed by atoms with Gasteiger partial charge in [0.05, 0.1) is 6.21 Å². The van der Waals surface area contributed by atoms with E-state index in [0.717, 1.165) is 37.6 Å². The average Bonchev–Trinajstić information content (AvgIpc) is 2.96.